The molecule has 0 amide bonds. The number of anilines is 1. The normalized spacial score (nSPS) is 17.2. The molecule has 1 unspecified atom stereocenters. The maximum Gasteiger partial charge on any atom is 0.316 e. The molecule has 1 aliphatic rings. The number of hydrogen-bond donors (Lipinski definition) is 2. The van der Waals surface area contributed by atoms with E-state index in [0.29, 0.717) is 16.9 Å². The quantitative estimate of drug-likeness (QED) is 0.759. The summed E-state index contributed by atoms with van der Waals surface area (Å²) in [5, 5.41) is 13.2. The molecule has 0 spiro atoms. The molecule has 5 heteroatoms. The number of nitrogens with zero attached hydrogens (tertiary/aromatic N) is 3. The van der Waals surface area contributed by atoms with Gasteiger partial charge in [0.2, 0.25) is 0 Å². The minimum atomic E-state index is -0.230. The Morgan fingerprint density at radius 3 is 2.95 bits per heavy atom. The van der Waals surface area contributed by atoms with Crippen LogP contribution in [0, 0.1) is 0 Å². The number of pyridine rings is 1. The number of benzene rings is 1. The van der Waals surface area contributed by atoms with Crippen molar-refractivity contribution < 1.29 is 5.11 Å². The van der Waals surface area contributed by atoms with Crippen LogP contribution >= 0.6 is 0 Å². The first-order valence-corrected chi connectivity index (χ1v) is 7.47. The molecule has 1 aliphatic carbocycles. The smallest absolute Gasteiger partial charge is 0.316 e. The van der Waals surface area contributed by atoms with E-state index in [0.717, 1.165) is 19.3 Å². The van der Waals surface area contributed by atoms with Crippen molar-refractivity contribution in [3.63, 3.8) is 0 Å². The topological polar surface area (TPSA) is 70.9 Å². The Kier molecular flexibility index (Phi) is 3.11. The van der Waals surface area contributed by atoms with Crippen LogP contribution in [0.5, 0.6) is 6.01 Å². The van der Waals surface area contributed by atoms with E-state index in [1.807, 2.05) is 6.07 Å². The van der Waals surface area contributed by atoms with Crippen molar-refractivity contribution >= 4 is 16.9 Å². The van der Waals surface area contributed by atoms with Gasteiger partial charge in [-0.1, -0.05) is 24.3 Å². The van der Waals surface area contributed by atoms with E-state index >= 15 is 0 Å². The van der Waals surface area contributed by atoms with Crippen LogP contribution in [0.25, 0.3) is 11.0 Å². The average Bonchev–Trinajstić information content (AvgIpc) is 2.55. The molecule has 110 valence electrons. The maximum absolute atomic E-state index is 9.75. The van der Waals surface area contributed by atoms with Crippen molar-refractivity contribution in [2.24, 2.45) is 0 Å². The van der Waals surface area contributed by atoms with Crippen LogP contribution in [0.2, 0.25) is 0 Å². The Morgan fingerprint density at radius 2 is 2.00 bits per heavy atom. The van der Waals surface area contributed by atoms with Crippen LogP contribution in [0.1, 0.15) is 30.0 Å². The lowest BCUT2D eigenvalue weighted by atomic mass is 9.88. The number of nitrogens with one attached hydrogen (secondary N) is 1. The van der Waals surface area contributed by atoms with Gasteiger partial charge in [0.1, 0.15) is 5.52 Å². The minimum absolute atomic E-state index is 0.185. The van der Waals surface area contributed by atoms with Gasteiger partial charge in [0.25, 0.3) is 0 Å². The van der Waals surface area contributed by atoms with E-state index in [-0.39, 0.29) is 12.1 Å². The maximum atomic E-state index is 9.75. The van der Waals surface area contributed by atoms with E-state index in [9.17, 15) is 5.11 Å². The standard InChI is InChI=1S/C17H16N4O/c22-17-20-14-9-4-10-18-15(14)16(21-17)19-13-8-3-6-11-5-1-2-7-12(11)13/h1-2,4-5,7,9-10,13H,3,6,8H2,(H2,19,20,21,22). The van der Waals surface area contributed by atoms with Crippen molar-refractivity contribution in [2.75, 3.05) is 5.32 Å². The van der Waals surface area contributed by atoms with Crippen molar-refractivity contribution in [1.29, 1.82) is 0 Å². The lowest BCUT2D eigenvalue weighted by molar-refractivity contribution is 0.433. The van der Waals surface area contributed by atoms with Crippen molar-refractivity contribution in [3.05, 3.63) is 53.7 Å². The summed E-state index contributed by atoms with van der Waals surface area (Å²) in [6.07, 6.45) is 5.00. The number of aromatic hydroxyl groups is 1. The zero-order valence-corrected chi connectivity index (χ0v) is 12.0. The molecule has 0 bridgehead atoms. The van der Waals surface area contributed by atoms with E-state index in [4.69, 9.17) is 0 Å². The summed E-state index contributed by atoms with van der Waals surface area (Å²) in [5.41, 5.74) is 4.00. The van der Waals surface area contributed by atoms with Crippen LogP contribution in [0.15, 0.2) is 42.6 Å². The second-order valence-electron chi connectivity index (χ2n) is 5.53. The third-order valence-corrected chi connectivity index (χ3v) is 4.12. The predicted molar refractivity (Wildman–Crippen MR) is 84.7 cm³/mol. The van der Waals surface area contributed by atoms with Crippen LogP contribution in [-0.4, -0.2) is 20.1 Å². The Balaban J connectivity index is 1.76. The van der Waals surface area contributed by atoms with Crippen molar-refractivity contribution in [1.82, 2.24) is 15.0 Å². The monoisotopic (exact) mass is 292 g/mol. The molecule has 4 rings (SSSR count). The fourth-order valence-electron chi connectivity index (χ4n) is 3.12. The molecular weight excluding hydrogens is 276 g/mol. The first-order valence-electron chi connectivity index (χ1n) is 7.47. The average molecular weight is 292 g/mol. The Labute approximate surface area is 128 Å². The highest BCUT2D eigenvalue weighted by molar-refractivity contribution is 5.85. The molecule has 2 heterocycles. The molecular formula is C17H16N4O. The van der Waals surface area contributed by atoms with Gasteiger partial charge < -0.3 is 10.4 Å². The number of fused-ring (bicyclic) bond motifs is 2. The van der Waals surface area contributed by atoms with E-state index in [2.05, 4.69) is 44.5 Å². The third-order valence-electron chi connectivity index (χ3n) is 4.12. The molecule has 1 atom stereocenters. The summed E-state index contributed by atoms with van der Waals surface area (Å²) in [5.74, 6) is 0.588. The first-order chi connectivity index (χ1) is 10.8. The van der Waals surface area contributed by atoms with Gasteiger partial charge in [-0.25, -0.2) is 0 Å². The molecule has 0 saturated carbocycles. The number of hydrogen-bond acceptors (Lipinski definition) is 5. The van der Waals surface area contributed by atoms with Gasteiger partial charge in [0, 0.05) is 6.20 Å². The summed E-state index contributed by atoms with van der Waals surface area (Å²) >= 11 is 0. The minimum Gasteiger partial charge on any atom is -0.479 e. The van der Waals surface area contributed by atoms with Crippen molar-refractivity contribution in [2.45, 2.75) is 25.3 Å². The van der Waals surface area contributed by atoms with E-state index in [1.54, 1.807) is 12.3 Å². The van der Waals surface area contributed by atoms with Gasteiger partial charge in [0.15, 0.2) is 5.82 Å². The van der Waals surface area contributed by atoms with Crippen LogP contribution < -0.4 is 5.32 Å². The molecule has 2 N–H and O–H groups in total. The number of aryl methyl sites for hydroxylation is 1. The third kappa shape index (κ3) is 2.24. The number of rotatable bonds is 2. The molecule has 1 aromatic carbocycles. The van der Waals surface area contributed by atoms with Gasteiger partial charge >= 0.3 is 6.01 Å². The molecule has 0 aliphatic heterocycles. The fraction of sp³-hybridized carbons (Fsp3) is 0.235. The van der Waals surface area contributed by atoms with Crippen LogP contribution in [0.4, 0.5) is 5.82 Å². The zero-order valence-electron chi connectivity index (χ0n) is 12.0. The highest BCUT2D eigenvalue weighted by Crippen LogP contribution is 2.33. The van der Waals surface area contributed by atoms with Crippen LogP contribution in [0.3, 0.4) is 0 Å². The molecule has 5 nitrogen and oxygen atoms in total. The Hall–Kier alpha value is -2.69. The zero-order chi connectivity index (χ0) is 14.9. The van der Waals surface area contributed by atoms with Gasteiger partial charge in [-0.3, -0.25) is 4.98 Å². The van der Waals surface area contributed by atoms with Crippen LogP contribution in [-0.2, 0) is 6.42 Å². The summed E-state index contributed by atoms with van der Waals surface area (Å²) in [6.45, 7) is 0. The number of aromatic nitrogens is 3. The Bertz CT molecular complexity index is 834. The SMILES string of the molecule is Oc1nc(NC2CCCc3ccccc32)c2ncccc2n1. The van der Waals surface area contributed by atoms with E-state index in [1.165, 1.54) is 11.1 Å². The van der Waals surface area contributed by atoms with Gasteiger partial charge in [0.05, 0.1) is 11.6 Å². The predicted octanol–water partition coefficient (Wildman–Crippen LogP) is 3.22. The van der Waals surface area contributed by atoms with Gasteiger partial charge in [-0.2, -0.15) is 9.97 Å². The second kappa shape index (κ2) is 5.26. The largest absolute Gasteiger partial charge is 0.479 e. The van der Waals surface area contributed by atoms with Crippen molar-refractivity contribution in [3.8, 4) is 6.01 Å². The lowest BCUT2D eigenvalue weighted by Crippen LogP contribution is -2.18. The molecule has 0 radical (unpaired) electrons. The molecule has 22 heavy (non-hydrogen) atoms. The summed E-state index contributed by atoms with van der Waals surface area (Å²) < 4.78 is 0. The summed E-state index contributed by atoms with van der Waals surface area (Å²) in [7, 11) is 0. The van der Waals surface area contributed by atoms with Gasteiger partial charge in [-0.05, 0) is 42.5 Å². The summed E-state index contributed by atoms with van der Waals surface area (Å²) in [6, 6.07) is 12.1. The second-order valence-corrected chi connectivity index (χ2v) is 5.53. The van der Waals surface area contributed by atoms with Gasteiger partial charge in [-0.15, -0.1) is 0 Å². The molecule has 0 fully saturated rings. The molecule has 0 saturated heterocycles. The molecule has 2 aromatic heterocycles. The first kappa shape index (κ1) is 13.0. The highest BCUT2D eigenvalue weighted by Gasteiger charge is 2.21. The fourth-order valence-corrected chi connectivity index (χ4v) is 3.12. The lowest BCUT2D eigenvalue weighted by Gasteiger charge is -2.27. The van der Waals surface area contributed by atoms with E-state index < -0.39 is 0 Å². The highest BCUT2D eigenvalue weighted by atomic mass is 16.3. The Morgan fingerprint density at radius 1 is 1.09 bits per heavy atom. The molecule has 3 aromatic rings. The summed E-state index contributed by atoms with van der Waals surface area (Å²) in [4.78, 5) is 12.5.